The Labute approximate surface area is 74.3 Å². The summed E-state index contributed by atoms with van der Waals surface area (Å²) < 4.78 is 13.0. The van der Waals surface area contributed by atoms with E-state index in [-0.39, 0.29) is 5.56 Å². The lowest BCUT2D eigenvalue weighted by Gasteiger charge is -1.94. The minimum absolute atomic E-state index is 0.346. The highest BCUT2D eigenvalue weighted by Gasteiger charge is 2.10. The molecular formula is C9H7FNO2+. The zero-order valence-electron chi connectivity index (χ0n) is 6.91. The molecule has 0 fully saturated rings. The summed E-state index contributed by atoms with van der Waals surface area (Å²) in [5.74, 6) is -2.06. The number of hydrogen-bond acceptors (Lipinski definition) is 1. The lowest BCUT2D eigenvalue weighted by molar-refractivity contribution is 0.0692. The average Bonchev–Trinajstić information content (AvgIpc) is 2.04. The average molecular weight is 180 g/mol. The van der Waals surface area contributed by atoms with E-state index in [0.29, 0.717) is 5.56 Å². The van der Waals surface area contributed by atoms with Gasteiger partial charge in [0.15, 0.2) is 0 Å². The zero-order valence-corrected chi connectivity index (χ0v) is 6.91. The molecule has 0 atom stereocenters. The second kappa shape index (κ2) is 3.68. The molecule has 1 rings (SSSR count). The van der Waals surface area contributed by atoms with Crippen molar-refractivity contribution in [1.82, 2.24) is 0 Å². The van der Waals surface area contributed by atoms with Crippen molar-refractivity contribution < 1.29 is 14.3 Å². The molecule has 4 heteroatoms. The first-order chi connectivity index (χ1) is 6.15. The van der Waals surface area contributed by atoms with E-state index in [1.807, 2.05) is 0 Å². The van der Waals surface area contributed by atoms with E-state index in [1.54, 1.807) is 0 Å². The lowest BCUT2D eigenvalue weighted by Crippen LogP contribution is -2.00. The Bertz CT molecular complexity index is 404. The van der Waals surface area contributed by atoms with Crippen molar-refractivity contribution in [3.05, 3.63) is 40.0 Å². The molecule has 1 aromatic carbocycles. The summed E-state index contributed by atoms with van der Waals surface area (Å²) >= 11 is 0. The topological polar surface area (TPSA) is 41.7 Å². The highest BCUT2D eigenvalue weighted by atomic mass is 19.1. The molecule has 0 radical (unpaired) electrons. The third kappa shape index (κ3) is 2.03. The Balaban J connectivity index is 3.17. The van der Waals surface area contributed by atoms with Gasteiger partial charge in [-0.05, 0) is 18.2 Å². The third-order valence-electron chi connectivity index (χ3n) is 1.44. The van der Waals surface area contributed by atoms with Gasteiger partial charge in [-0.2, -0.15) is 0 Å². The van der Waals surface area contributed by atoms with Gasteiger partial charge < -0.3 is 5.11 Å². The molecule has 1 aromatic rings. The van der Waals surface area contributed by atoms with Crippen molar-refractivity contribution in [3.8, 4) is 6.07 Å². The number of aromatic carboxylic acids is 1. The summed E-state index contributed by atoms with van der Waals surface area (Å²) in [5, 5.41) is 8.50. The molecule has 66 valence electrons. The van der Waals surface area contributed by atoms with Gasteiger partial charge >= 0.3 is 12.0 Å². The fourth-order valence-electron chi connectivity index (χ4n) is 0.887. The maximum atomic E-state index is 13.0. The predicted octanol–water partition coefficient (Wildman–Crippen LogP) is 1.83. The molecule has 0 amide bonds. The van der Waals surface area contributed by atoms with E-state index < -0.39 is 11.8 Å². The molecule has 0 aliphatic carbocycles. The summed E-state index contributed by atoms with van der Waals surface area (Å²) in [6.07, 6.45) is 0. The molecule has 1 N–H and O–H groups in total. The fourth-order valence-corrected chi connectivity index (χ4v) is 0.887. The number of carboxylic acid groups (broad SMARTS) is 1. The minimum Gasteiger partial charge on any atom is -0.478 e. The van der Waals surface area contributed by atoms with Crippen LogP contribution >= 0.6 is 0 Å². The van der Waals surface area contributed by atoms with Crippen LogP contribution in [0, 0.1) is 11.9 Å². The van der Waals surface area contributed by atoms with E-state index in [0.717, 1.165) is 6.07 Å². The predicted molar refractivity (Wildman–Crippen MR) is 45.6 cm³/mol. The number of hydrogen-bond donors (Lipinski definition) is 1. The molecule has 0 spiro atoms. The molecule has 0 saturated carbocycles. The van der Waals surface area contributed by atoms with Crippen LogP contribution in [-0.2, 0) is 0 Å². The molecule has 0 aliphatic heterocycles. The molecule has 13 heavy (non-hydrogen) atoms. The number of rotatable bonds is 1. The number of carbonyl (C=O) groups is 1. The molecule has 0 saturated heterocycles. The number of benzene rings is 1. The Hall–Kier alpha value is -1.89. The Morgan fingerprint density at radius 2 is 2.31 bits per heavy atom. The Morgan fingerprint density at radius 1 is 1.62 bits per heavy atom. The zero-order chi connectivity index (χ0) is 9.84. The molecule has 0 heterocycles. The third-order valence-corrected chi connectivity index (χ3v) is 1.44. The summed E-state index contributed by atoms with van der Waals surface area (Å²) in [6, 6.07) is 6.22. The Kier molecular flexibility index (Phi) is 2.60. The quantitative estimate of drug-likeness (QED) is 0.716. The van der Waals surface area contributed by atoms with Gasteiger partial charge in [-0.15, -0.1) is 0 Å². The standard InChI is InChI=1S/C9H6FNO2/c1-11-5-6-2-3-7(9(12)13)8(10)4-6/h2-4H,1H3/p+1. The normalized spacial score (nSPS) is 8.77. The molecule has 0 aliphatic rings. The van der Waals surface area contributed by atoms with Crippen LogP contribution in [0.1, 0.15) is 15.9 Å². The number of nitrogens with zero attached hydrogens (tertiary/aromatic N) is 1. The molecule has 0 unspecified atom stereocenters. The monoisotopic (exact) mass is 180 g/mol. The van der Waals surface area contributed by atoms with Crippen LogP contribution in [0.15, 0.2) is 18.2 Å². The molecule has 3 nitrogen and oxygen atoms in total. The van der Waals surface area contributed by atoms with Gasteiger partial charge in [0.1, 0.15) is 11.4 Å². The van der Waals surface area contributed by atoms with Gasteiger partial charge in [0.25, 0.3) is 7.05 Å². The smallest absolute Gasteiger partial charge is 0.338 e. The first kappa shape index (κ1) is 9.20. The van der Waals surface area contributed by atoms with Crippen LogP contribution in [0.3, 0.4) is 0 Å². The SMILES string of the molecule is C[N+]#Cc1ccc(C(=O)O)c(F)c1. The maximum Gasteiger partial charge on any atom is 0.338 e. The number of carboxylic acids is 1. The largest absolute Gasteiger partial charge is 0.478 e. The van der Waals surface area contributed by atoms with E-state index in [2.05, 4.69) is 10.9 Å². The van der Waals surface area contributed by atoms with Gasteiger partial charge in [-0.1, -0.05) is 4.85 Å². The van der Waals surface area contributed by atoms with Gasteiger partial charge in [-0.3, -0.25) is 0 Å². The van der Waals surface area contributed by atoms with Crippen LogP contribution in [0.2, 0.25) is 0 Å². The van der Waals surface area contributed by atoms with Crippen LogP contribution in [-0.4, -0.2) is 18.1 Å². The van der Waals surface area contributed by atoms with Crippen LogP contribution in [0.5, 0.6) is 0 Å². The summed E-state index contributed by atoms with van der Waals surface area (Å²) in [5.41, 5.74) is 0.0756. The second-order valence-corrected chi connectivity index (χ2v) is 2.34. The fraction of sp³-hybridized carbons (Fsp3) is 0.111. The first-order valence-corrected chi connectivity index (χ1v) is 3.53. The van der Waals surface area contributed by atoms with E-state index in [4.69, 9.17) is 5.11 Å². The number of halogens is 1. The highest BCUT2D eigenvalue weighted by molar-refractivity contribution is 5.88. The maximum absolute atomic E-state index is 13.0. The van der Waals surface area contributed by atoms with E-state index in [9.17, 15) is 9.18 Å². The second-order valence-electron chi connectivity index (χ2n) is 2.34. The van der Waals surface area contributed by atoms with Gasteiger partial charge in [0, 0.05) is 0 Å². The minimum atomic E-state index is -1.28. The first-order valence-electron chi connectivity index (χ1n) is 3.53. The summed E-state index contributed by atoms with van der Waals surface area (Å²) in [6.45, 7) is 0. The molecule has 0 aromatic heterocycles. The van der Waals surface area contributed by atoms with Crippen molar-refractivity contribution in [1.29, 1.82) is 0 Å². The summed E-state index contributed by atoms with van der Waals surface area (Å²) in [7, 11) is 1.50. The van der Waals surface area contributed by atoms with E-state index >= 15 is 0 Å². The van der Waals surface area contributed by atoms with Crippen molar-refractivity contribution in [2.24, 2.45) is 0 Å². The lowest BCUT2D eigenvalue weighted by atomic mass is 10.1. The molecule has 0 bridgehead atoms. The highest BCUT2D eigenvalue weighted by Crippen LogP contribution is 2.09. The van der Waals surface area contributed by atoms with Gasteiger partial charge in [0.2, 0.25) is 0 Å². The van der Waals surface area contributed by atoms with Crippen LogP contribution in [0.4, 0.5) is 4.39 Å². The van der Waals surface area contributed by atoms with Gasteiger partial charge in [-0.25, -0.2) is 9.18 Å². The van der Waals surface area contributed by atoms with Crippen LogP contribution < -0.4 is 0 Å². The Morgan fingerprint density at radius 3 is 2.77 bits per heavy atom. The van der Waals surface area contributed by atoms with Crippen molar-refractivity contribution in [2.45, 2.75) is 0 Å². The summed E-state index contributed by atoms with van der Waals surface area (Å²) in [4.78, 5) is 14.0. The molecular weight excluding hydrogens is 173 g/mol. The van der Waals surface area contributed by atoms with E-state index in [1.165, 1.54) is 19.2 Å². The van der Waals surface area contributed by atoms with Crippen molar-refractivity contribution in [3.63, 3.8) is 0 Å². The van der Waals surface area contributed by atoms with Crippen molar-refractivity contribution in [2.75, 3.05) is 7.05 Å². The van der Waals surface area contributed by atoms with Crippen LogP contribution in [0.25, 0.3) is 4.85 Å². The van der Waals surface area contributed by atoms with Gasteiger partial charge in [0.05, 0.1) is 5.56 Å². The van der Waals surface area contributed by atoms with Crippen molar-refractivity contribution >= 4 is 5.97 Å².